The minimum absolute atomic E-state index is 0.197. The lowest BCUT2D eigenvalue weighted by Gasteiger charge is -2.05. The van der Waals surface area contributed by atoms with Gasteiger partial charge in [0.05, 0.1) is 11.3 Å². The van der Waals surface area contributed by atoms with Gasteiger partial charge in [-0.05, 0) is 25.5 Å². The number of hydrogen-bond donors (Lipinski definition) is 2. The van der Waals surface area contributed by atoms with Crippen molar-refractivity contribution in [2.24, 2.45) is 0 Å². The average Bonchev–Trinajstić information content (AvgIpc) is 2.86. The normalized spacial score (nSPS) is 10.5. The second-order valence-corrected chi connectivity index (χ2v) is 4.93. The average molecular weight is 305 g/mol. The second-order valence-electron chi connectivity index (χ2n) is 4.93. The van der Waals surface area contributed by atoms with E-state index < -0.39 is 0 Å². The number of carbonyl (C=O) groups is 1. The SMILES string of the molecule is CCCNC(=O)NCCc1nc(-c2ccccc2F)oc1C. The summed E-state index contributed by atoms with van der Waals surface area (Å²) in [5.41, 5.74) is 1.06. The van der Waals surface area contributed by atoms with Crippen LogP contribution in [-0.4, -0.2) is 24.1 Å². The van der Waals surface area contributed by atoms with Crippen molar-refractivity contribution in [2.45, 2.75) is 26.7 Å². The summed E-state index contributed by atoms with van der Waals surface area (Å²) >= 11 is 0. The van der Waals surface area contributed by atoms with E-state index in [0.717, 1.165) is 6.42 Å². The van der Waals surface area contributed by atoms with Crippen LogP contribution in [0.3, 0.4) is 0 Å². The Morgan fingerprint density at radius 3 is 2.73 bits per heavy atom. The molecule has 0 unspecified atom stereocenters. The van der Waals surface area contributed by atoms with Crippen LogP contribution in [0, 0.1) is 12.7 Å². The molecule has 0 saturated carbocycles. The van der Waals surface area contributed by atoms with Crippen molar-refractivity contribution in [3.63, 3.8) is 0 Å². The van der Waals surface area contributed by atoms with Crippen LogP contribution in [0.25, 0.3) is 11.5 Å². The molecule has 2 amide bonds. The maximum Gasteiger partial charge on any atom is 0.314 e. The zero-order valence-electron chi connectivity index (χ0n) is 12.8. The molecule has 5 nitrogen and oxygen atoms in total. The minimum atomic E-state index is -0.368. The van der Waals surface area contributed by atoms with Gasteiger partial charge in [-0.15, -0.1) is 0 Å². The molecule has 1 aromatic heterocycles. The van der Waals surface area contributed by atoms with Crippen molar-refractivity contribution in [2.75, 3.05) is 13.1 Å². The molecule has 0 atom stereocenters. The van der Waals surface area contributed by atoms with E-state index >= 15 is 0 Å². The van der Waals surface area contributed by atoms with Gasteiger partial charge in [0.25, 0.3) is 0 Å². The summed E-state index contributed by atoms with van der Waals surface area (Å²) in [6, 6.07) is 6.15. The predicted octanol–water partition coefficient (Wildman–Crippen LogP) is 3.04. The standard InChI is InChI=1S/C16H20FN3O2/c1-3-9-18-16(21)19-10-8-14-11(2)22-15(20-14)12-6-4-5-7-13(12)17/h4-7H,3,8-10H2,1-2H3,(H2,18,19,21). The molecule has 0 fully saturated rings. The summed E-state index contributed by atoms with van der Waals surface area (Å²) in [4.78, 5) is 15.8. The number of aryl methyl sites for hydroxylation is 1. The van der Waals surface area contributed by atoms with Crippen molar-refractivity contribution in [3.8, 4) is 11.5 Å². The van der Waals surface area contributed by atoms with Crippen LogP contribution in [0.4, 0.5) is 9.18 Å². The molecule has 0 aliphatic heterocycles. The predicted molar refractivity (Wildman–Crippen MR) is 82.0 cm³/mol. The molecule has 2 N–H and O–H groups in total. The monoisotopic (exact) mass is 305 g/mol. The summed E-state index contributed by atoms with van der Waals surface area (Å²) in [6.07, 6.45) is 1.42. The summed E-state index contributed by atoms with van der Waals surface area (Å²) in [5.74, 6) is 0.530. The Bertz CT molecular complexity index is 640. The third-order valence-electron chi connectivity index (χ3n) is 3.18. The molecule has 1 heterocycles. The van der Waals surface area contributed by atoms with E-state index in [4.69, 9.17) is 4.42 Å². The Kier molecular flexibility index (Phi) is 5.52. The highest BCUT2D eigenvalue weighted by molar-refractivity contribution is 5.73. The molecule has 22 heavy (non-hydrogen) atoms. The molecule has 6 heteroatoms. The quantitative estimate of drug-likeness (QED) is 0.862. The van der Waals surface area contributed by atoms with E-state index in [1.165, 1.54) is 6.07 Å². The van der Waals surface area contributed by atoms with Gasteiger partial charge in [-0.1, -0.05) is 19.1 Å². The highest BCUT2D eigenvalue weighted by atomic mass is 19.1. The van der Waals surface area contributed by atoms with E-state index in [-0.39, 0.29) is 17.7 Å². The highest BCUT2D eigenvalue weighted by Gasteiger charge is 2.14. The van der Waals surface area contributed by atoms with Crippen LogP contribution in [0.2, 0.25) is 0 Å². The van der Waals surface area contributed by atoms with Crippen molar-refractivity contribution in [3.05, 3.63) is 41.5 Å². The lowest BCUT2D eigenvalue weighted by atomic mass is 10.2. The fourth-order valence-corrected chi connectivity index (χ4v) is 2.01. The third kappa shape index (κ3) is 4.07. The Balaban J connectivity index is 1.96. The fraction of sp³-hybridized carbons (Fsp3) is 0.375. The first-order valence-electron chi connectivity index (χ1n) is 7.34. The van der Waals surface area contributed by atoms with E-state index in [1.807, 2.05) is 6.92 Å². The third-order valence-corrected chi connectivity index (χ3v) is 3.18. The van der Waals surface area contributed by atoms with Crippen LogP contribution < -0.4 is 10.6 Å². The number of aromatic nitrogens is 1. The number of carbonyl (C=O) groups excluding carboxylic acids is 1. The zero-order chi connectivity index (χ0) is 15.9. The van der Waals surface area contributed by atoms with Crippen molar-refractivity contribution < 1.29 is 13.6 Å². The van der Waals surface area contributed by atoms with Gasteiger partial charge in [-0.25, -0.2) is 14.2 Å². The lowest BCUT2D eigenvalue weighted by Crippen LogP contribution is -2.36. The van der Waals surface area contributed by atoms with Crippen LogP contribution >= 0.6 is 0 Å². The summed E-state index contributed by atoms with van der Waals surface area (Å²) in [7, 11) is 0. The number of hydrogen-bond acceptors (Lipinski definition) is 3. The molecule has 0 aliphatic rings. The molecule has 118 valence electrons. The van der Waals surface area contributed by atoms with Gasteiger partial charge in [-0.3, -0.25) is 0 Å². The molecular formula is C16H20FN3O2. The zero-order valence-corrected chi connectivity index (χ0v) is 12.8. The Morgan fingerprint density at radius 1 is 1.27 bits per heavy atom. The largest absolute Gasteiger partial charge is 0.441 e. The van der Waals surface area contributed by atoms with E-state index in [1.54, 1.807) is 25.1 Å². The lowest BCUT2D eigenvalue weighted by molar-refractivity contribution is 0.241. The first kappa shape index (κ1) is 16.0. The smallest absolute Gasteiger partial charge is 0.314 e. The minimum Gasteiger partial charge on any atom is -0.441 e. The molecule has 2 aromatic rings. The number of nitrogens with zero attached hydrogens (tertiary/aromatic N) is 1. The Hall–Kier alpha value is -2.37. The Morgan fingerprint density at radius 2 is 2.00 bits per heavy atom. The van der Waals surface area contributed by atoms with Gasteiger partial charge in [0.1, 0.15) is 11.6 Å². The first-order chi connectivity index (χ1) is 10.6. The van der Waals surface area contributed by atoms with E-state index in [2.05, 4.69) is 15.6 Å². The molecule has 0 spiro atoms. The van der Waals surface area contributed by atoms with E-state index in [0.29, 0.717) is 36.5 Å². The molecular weight excluding hydrogens is 285 g/mol. The molecule has 2 rings (SSSR count). The van der Waals surface area contributed by atoms with Gasteiger partial charge in [0.15, 0.2) is 0 Å². The van der Waals surface area contributed by atoms with Crippen LogP contribution in [0.1, 0.15) is 24.8 Å². The topological polar surface area (TPSA) is 67.2 Å². The number of nitrogens with one attached hydrogen (secondary N) is 2. The molecule has 0 bridgehead atoms. The van der Waals surface area contributed by atoms with Gasteiger partial charge in [0, 0.05) is 19.5 Å². The van der Waals surface area contributed by atoms with Gasteiger partial charge in [0.2, 0.25) is 5.89 Å². The van der Waals surface area contributed by atoms with Crippen molar-refractivity contribution in [1.82, 2.24) is 15.6 Å². The number of halogens is 1. The van der Waals surface area contributed by atoms with Gasteiger partial charge >= 0.3 is 6.03 Å². The summed E-state index contributed by atoms with van der Waals surface area (Å²) in [5, 5.41) is 5.48. The highest BCUT2D eigenvalue weighted by Crippen LogP contribution is 2.24. The van der Waals surface area contributed by atoms with Crippen LogP contribution in [0.15, 0.2) is 28.7 Å². The number of amides is 2. The summed E-state index contributed by atoms with van der Waals surface area (Å²) < 4.78 is 19.3. The van der Waals surface area contributed by atoms with Crippen molar-refractivity contribution >= 4 is 6.03 Å². The van der Waals surface area contributed by atoms with Crippen LogP contribution in [-0.2, 0) is 6.42 Å². The number of benzene rings is 1. The fourth-order valence-electron chi connectivity index (χ4n) is 2.01. The van der Waals surface area contributed by atoms with Crippen molar-refractivity contribution in [1.29, 1.82) is 0 Å². The molecule has 0 aliphatic carbocycles. The number of rotatable bonds is 6. The number of oxazole rings is 1. The summed E-state index contributed by atoms with van der Waals surface area (Å²) in [6.45, 7) is 4.86. The second kappa shape index (κ2) is 7.59. The van der Waals surface area contributed by atoms with Crippen LogP contribution in [0.5, 0.6) is 0 Å². The van der Waals surface area contributed by atoms with E-state index in [9.17, 15) is 9.18 Å². The van der Waals surface area contributed by atoms with Gasteiger partial charge < -0.3 is 15.1 Å². The maximum absolute atomic E-state index is 13.7. The first-order valence-corrected chi connectivity index (χ1v) is 7.34. The number of urea groups is 1. The Labute approximate surface area is 128 Å². The molecule has 0 radical (unpaired) electrons. The molecule has 1 aromatic carbocycles. The van der Waals surface area contributed by atoms with Gasteiger partial charge in [-0.2, -0.15) is 0 Å². The maximum atomic E-state index is 13.7. The molecule has 0 saturated heterocycles.